The number of aromatic amines is 1. The number of halogens is 2. The summed E-state index contributed by atoms with van der Waals surface area (Å²) < 4.78 is 18.4. The lowest BCUT2D eigenvalue weighted by molar-refractivity contribution is -0.131. The van der Waals surface area contributed by atoms with Crippen LogP contribution in [0.4, 0.5) is 14.9 Å². The average Bonchev–Trinajstić information content (AvgIpc) is 4.03. The van der Waals surface area contributed by atoms with Crippen LogP contribution in [0.2, 0.25) is 5.02 Å². The van der Waals surface area contributed by atoms with Gasteiger partial charge in [0.05, 0.1) is 16.2 Å². The van der Waals surface area contributed by atoms with E-state index >= 15 is 4.39 Å². The predicted octanol–water partition coefficient (Wildman–Crippen LogP) is 7.16. The number of piperidine rings is 2. The summed E-state index contributed by atoms with van der Waals surface area (Å²) in [5.41, 5.74) is 5.56. The summed E-state index contributed by atoms with van der Waals surface area (Å²) in [6, 6.07) is 18.8. The van der Waals surface area contributed by atoms with Crippen molar-refractivity contribution in [1.29, 1.82) is 0 Å². The standard InChI is InChI=1S/C49H53ClFN9O5/c1-55(2)48(64)41-29-39-37(28-38(45(51)46(39)53-41)35-5-3-19-58(30-35)44(62)17-25-59-20-4-18-52-59)33-8-6-31(7-9-33)32-12-21-56(22-13-32)36-14-23-57(24-15-36)47(63)34-10-11-40(50)42(27-34)60-26-16-43(61)54-49(60)65/h4-11,18,20,27-29,32,36,53H,3,12-17,19,21-26,30H2,1-2H3,(H,54,61,65). The van der Waals surface area contributed by atoms with Gasteiger partial charge in [0.15, 0.2) is 5.82 Å². The Balaban J connectivity index is 0.851. The van der Waals surface area contributed by atoms with Crippen LogP contribution in [0.1, 0.15) is 82.8 Å². The molecule has 338 valence electrons. The Bertz CT molecular complexity index is 2660. The molecule has 9 rings (SSSR count). The van der Waals surface area contributed by atoms with Gasteiger partial charge in [0.1, 0.15) is 5.69 Å². The number of aromatic nitrogens is 3. The Morgan fingerprint density at radius 3 is 2.37 bits per heavy atom. The number of benzene rings is 3. The topological polar surface area (TPSA) is 147 Å². The number of H-pyrrole nitrogens is 1. The van der Waals surface area contributed by atoms with Crippen LogP contribution in [0.5, 0.6) is 0 Å². The molecule has 0 unspecified atom stereocenters. The van der Waals surface area contributed by atoms with Gasteiger partial charge in [-0.05, 0) is 110 Å². The predicted molar refractivity (Wildman–Crippen MR) is 247 cm³/mol. The molecular weight excluding hydrogens is 849 g/mol. The number of amides is 6. The lowest BCUT2D eigenvalue weighted by Crippen LogP contribution is -2.50. The number of hydrogen-bond donors (Lipinski definition) is 2. The number of carbonyl (C=O) groups is 5. The molecule has 16 heteroatoms. The van der Waals surface area contributed by atoms with E-state index in [0.717, 1.165) is 55.5 Å². The van der Waals surface area contributed by atoms with Crippen molar-refractivity contribution >= 4 is 63.4 Å². The van der Waals surface area contributed by atoms with Gasteiger partial charge in [-0.25, -0.2) is 9.18 Å². The quantitative estimate of drug-likeness (QED) is 0.151. The largest absolute Gasteiger partial charge is 0.348 e. The van der Waals surface area contributed by atoms with E-state index in [-0.39, 0.29) is 48.7 Å². The molecule has 6 amide bonds. The minimum absolute atomic E-state index is 0.0107. The molecule has 65 heavy (non-hydrogen) atoms. The van der Waals surface area contributed by atoms with E-state index in [4.69, 9.17) is 11.6 Å². The molecular formula is C49H53ClFN9O5. The maximum Gasteiger partial charge on any atom is 0.328 e. The van der Waals surface area contributed by atoms with Crippen molar-refractivity contribution in [1.82, 2.24) is 39.7 Å². The van der Waals surface area contributed by atoms with Crippen molar-refractivity contribution in [3.63, 3.8) is 0 Å². The smallest absolute Gasteiger partial charge is 0.328 e. The minimum atomic E-state index is -0.546. The summed E-state index contributed by atoms with van der Waals surface area (Å²) in [4.78, 5) is 76.4. The van der Waals surface area contributed by atoms with Gasteiger partial charge in [0.25, 0.3) is 11.8 Å². The molecule has 2 aromatic heterocycles. The van der Waals surface area contributed by atoms with Crippen LogP contribution < -0.4 is 10.2 Å². The second-order valence-electron chi connectivity index (χ2n) is 17.7. The second-order valence-corrected chi connectivity index (χ2v) is 18.1. The zero-order chi connectivity index (χ0) is 45.4. The fraction of sp³-hybridized carbons (Fsp3) is 0.388. The number of anilines is 1. The Kier molecular flexibility index (Phi) is 12.6. The molecule has 4 aliphatic rings. The molecule has 4 aliphatic heterocycles. The summed E-state index contributed by atoms with van der Waals surface area (Å²) in [5, 5.41) is 7.48. The van der Waals surface area contributed by atoms with Crippen molar-refractivity contribution in [2.75, 3.05) is 64.8 Å². The first kappa shape index (κ1) is 43.9. The van der Waals surface area contributed by atoms with E-state index in [1.807, 2.05) is 29.3 Å². The molecule has 3 aromatic carbocycles. The van der Waals surface area contributed by atoms with Crippen LogP contribution in [-0.2, 0) is 16.1 Å². The fourth-order valence-corrected chi connectivity index (χ4v) is 10.1. The molecule has 0 bridgehead atoms. The normalized spacial score (nSPS) is 18.0. The third kappa shape index (κ3) is 9.17. The number of carbonyl (C=O) groups excluding carboxylic acids is 5. The summed E-state index contributed by atoms with van der Waals surface area (Å²) in [6.07, 6.45) is 10.3. The first-order valence-corrected chi connectivity index (χ1v) is 22.9. The van der Waals surface area contributed by atoms with E-state index < -0.39 is 11.8 Å². The molecule has 3 fully saturated rings. The first-order chi connectivity index (χ1) is 31.4. The first-order valence-electron chi connectivity index (χ1n) is 22.5. The monoisotopic (exact) mass is 901 g/mol. The van der Waals surface area contributed by atoms with Crippen molar-refractivity contribution in [3.8, 4) is 11.1 Å². The Morgan fingerprint density at radius 2 is 1.66 bits per heavy atom. The number of hydrogen-bond acceptors (Lipinski definition) is 7. The van der Waals surface area contributed by atoms with Crippen LogP contribution in [0.25, 0.3) is 27.6 Å². The molecule has 0 spiro atoms. The molecule has 0 radical (unpaired) electrons. The highest BCUT2D eigenvalue weighted by Gasteiger charge is 2.32. The lowest BCUT2D eigenvalue weighted by Gasteiger charge is -2.42. The number of rotatable bonds is 10. The number of nitrogens with one attached hydrogen (secondary N) is 2. The van der Waals surface area contributed by atoms with E-state index in [9.17, 15) is 24.0 Å². The van der Waals surface area contributed by atoms with Gasteiger partial charge in [0, 0.05) is 101 Å². The minimum Gasteiger partial charge on any atom is -0.348 e. The van der Waals surface area contributed by atoms with Gasteiger partial charge >= 0.3 is 6.03 Å². The highest BCUT2D eigenvalue weighted by Crippen LogP contribution is 2.39. The number of fused-ring (bicyclic) bond motifs is 1. The molecule has 3 saturated heterocycles. The zero-order valence-corrected chi connectivity index (χ0v) is 37.5. The van der Waals surface area contributed by atoms with Gasteiger partial charge in [0.2, 0.25) is 11.8 Å². The van der Waals surface area contributed by atoms with E-state index in [0.29, 0.717) is 83.9 Å². The maximum absolute atomic E-state index is 16.6. The van der Waals surface area contributed by atoms with Crippen molar-refractivity contribution in [3.05, 3.63) is 112 Å². The Hall–Kier alpha value is -6.32. The maximum atomic E-state index is 16.6. The average molecular weight is 902 g/mol. The van der Waals surface area contributed by atoms with Gasteiger partial charge in [-0.2, -0.15) is 5.10 Å². The summed E-state index contributed by atoms with van der Waals surface area (Å²) >= 11 is 6.43. The van der Waals surface area contributed by atoms with Gasteiger partial charge < -0.3 is 24.6 Å². The molecule has 0 aliphatic carbocycles. The summed E-state index contributed by atoms with van der Waals surface area (Å²) in [5.74, 6) is -0.762. The van der Waals surface area contributed by atoms with E-state index in [2.05, 4.69) is 44.6 Å². The van der Waals surface area contributed by atoms with Crippen LogP contribution in [0, 0.1) is 5.82 Å². The second kappa shape index (κ2) is 18.6. The zero-order valence-electron chi connectivity index (χ0n) is 36.7. The van der Waals surface area contributed by atoms with Crippen molar-refractivity contribution in [2.24, 2.45) is 0 Å². The van der Waals surface area contributed by atoms with Crippen LogP contribution in [-0.4, -0.2) is 130 Å². The van der Waals surface area contributed by atoms with Crippen molar-refractivity contribution < 1.29 is 28.4 Å². The highest BCUT2D eigenvalue weighted by molar-refractivity contribution is 6.34. The SMILES string of the molecule is CN(C)C(=O)c1cc2c(-c3ccc(C4CCN(C5CCN(C(=O)c6ccc(Cl)c(N7CCC(=O)NC7=O)c6)CC5)CC4)cc3)cc(C3=CCCN(C(=O)CCn4cccn4)C3)c(F)c2[nH]1. The van der Waals surface area contributed by atoms with Gasteiger partial charge in [-0.3, -0.25) is 34.1 Å². The number of aryl methyl sites for hydroxylation is 1. The Labute approximate surface area is 382 Å². The van der Waals surface area contributed by atoms with E-state index in [1.165, 1.54) is 15.4 Å². The van der Waals surface area contributed by atoms with E-state index in [1.54, 1.807) is 54.1 Å². The van der Waals surface area contributed by atoms with Gasteiger partial charge in [-0.15, -0.1) is 0 Å². The fourth-order valence-electron chi connectivity index (χ4n) is 9.84. The molecule has 5 aromatic rings. The number of nitrogens with zero attached hydrogens (tertiary/aromatic N) is 7. The number of likely N-dealkylation sites (tertiary alicyclic amines) is 2. The molecule has 0 atom stereocenters. The Morgan fingerprint density at radius 1 is 0.892 bits per heavy atom. The molecule has 6 heterocycles. The lowest BCUT2D eigenvalue weighted by atomic mass is 9.86. The summed E-state index contributed by atoms with van der Waals surface area (Å²) in [7, 11) is 3.34. The third-order valence-corrected chi connectivity index (χ3v) is 13.8. The van der Waals surface area contributed by atoms with Gasteiger partial charge in [-0.1, -0.05) is 41.9 Å². The molecule has 2 N–H and O–H groups in total. The number of urea groups is 1. The van der Waals surface area contributed by atoms with Crippen LogP contribution >= 0.6 is 11.6 Å². The highest BCUT2D eigenvalue weighted by atomic mass is 35.5. The molecule has 0 saturated carbocycles. The molecule has 14 nitrogen and oxygen atoms in total. The van der Waals surface area contributed by atoms with Crippen LogP contribution in [0.15, 0.2) is 79.1 Å². The van der Waals surface area contributed by atoms with Crippen molar-refractivity contribution in [2.45, 2.75) is 63.5 Å². The third-order valence-electron chi connectivity index (χ3n) is 13.5. The van der Waals surface area contributed by atoms with Crippen LogP contribution in [0.3, 0.4) is 0 Å². The summed E-state index contributed by atoms with van der Waals surface area (Å²) in [6.45, 7) is 4.69. The number of imide groups is 1.